The lowest BCUT2D eigenvalue weighted by Crippen LogP contribution is -2.20. The van der Waals surface area contributed by atoms with E-state index in [0.29, 0.717) is 18.8 Å². The second-order valence-electron chi connectivity index (χ2n) is 4.07. The van der Waals surface area contributed by atoms with Crippen molar-refractivity contribution in [2.45, 2.75) is 0 Å². The maximum Gasteiger partial charge on any atom is 0.243 e. The van der Waals surface area contributed by atoms with Crippen LogP contribution in [0.4, 0.5) is 11.4 Å². The highest BCUT2D eigenvalue weighted by molar-refractivity contribution is 6.00. The number of carbonyl (C=O) groups excluding carboxylic acids is 1. The van der Waals surface area contributed by atoms with Gasteiger partial charge in [0.25, 0.3) is 0 Å². The van der Waals surface area contributed by atoms with Crippen LogP contribution in [0.15, 0.2) is 30.6 Å². The number of rotatable bonds is 6. The van der Waals surface area contributed by atoms with Crippen molar-refractivity contribution in [2.24, 2.45) is 5.73 Å². The number of pyridine rings is 1. The van der Waals surface area contributed by atoms with Gasteiger partial charge in [0.05, 0.1) is 6.61 Å². The summed E-state index contributed by atoms with van der Waals surface area (Å²) < 4.78 is 5.08. The second kappa shape index (κ2) is 6.01. The molecule has 0 aliphatic carbocycles. The first-order valence-corrected chi connectivity index (χ1v) is 5.90. The van der Waals surface area contributed by atoms with Crippen LogP contribution in [0.5, 0.6) is 0 Å². The Kier molecular flexibility index (Phi) is 4.15. The molecule has 0 aliphatic heterocycles. The van der Waals surface area contributed by atoms with Crippen LogP contribution in [0, 0.1) is 0 Å². The fraction of sp³-hybridized carbons (Fsp3) is 0.231. The number of hydrogen-bond donors (Lipinski definition) is 3. The van der Waals surface area contributed by atoms with Crippen molar-refractivity contribution in [3.8, 4) is 0 Å². The topological polar surface area (TPSA) is 103 Å². The number of nitrogens with two attached hydrogens (primary N) is 2. The molecule has 0 radical (unpaired) electrons. The Morgan fingerprint density at radius 1 is 1.32 bits per heavy atom. The highest BCUT2D eigenvalue weighted by Crippen LogP contribution is 2.27. The van der Waals surface area contributed by atoms with E-state index in [1.54, 1.807) is 12.4 Å². The summed E-state index contributed by atoms with van der Waals surface area (Å²) in [6.07, 6.45) is 3.45. The van der Waals surface area contributed by atoms with Crippen LogP contribution < -0.4 is 16.8 Å². The Hall–Kier alpha value is -2.34. The molecule has 19 heavy (non-hydrogen) atoms. The molecule has 0 saturated carbocycles. The summed E-state index contributed by atoms with van der Waals surface area (Å²) in [6, 6.07) is 5.64. The largest absolute Gasteiger partial charge is 0.398 e. The summed E-state index contributed by atoms with van der Waals surface area (Å²) in [5, 5.41) is 5.14. The van der Waals surface area contributed by atoms with Gasteiger partial charge in [-0.3, -0.25) is 9.78 Å². The van der Waals surface area contributed by atoms with Crippen LogP contribution in [0.25, 0.3) is 10.8 Å². The summed E-state index contributed by atoms with van der Waals surface area (Å²) in [6.45, 7) is 0.919. The van der Waals surface area contributed by atoms with Gasteiger partial charge in [-0.05, 0) is 18.2 Å². The first-order chi connectivity index (χ1) is 9.18. The van der Waals surface area contributed by atoms with Gasteiger partial charge in [0, 0.05) is 41.1 Å². The molecular weight excluding hydrogens is 244 g/mol. The first-order valence-electron chi connectivity index (χ1n) is 5.90. The number of nitrogens with one attached hydrogen (secondary N) is 1. The van der Waals surface area contributed by atoms with E-state index in [9.17, 15) is 4.79 Å². The number of nitrogens with zero attached hydrogens (tertiary/aromatic N) is 1. The van der Waals surface area contributed by atoms with Gasteiger partial charge in [-0.1, -0.05) is 0 Å². The molecule has 1 heterocycles. The number of primary amides is 1. The standard InChI is InChI=1S/C13H16N4O2/c14-11-1-2-12(9-3-4-16-7-10(9)11)17-5-6-19-8-13(15)18/h1-4,7,17H,5-6,8,14H2,(H2,15,18). The average Bonchev–Trinajstić information content (AvgIpc) is 2.41. The Morgan fingerprint density at radius 2 is 2.16 bits per heavy atom. The number of amides is 1. The van der Waals surface area contributed by atoms with Crippen molar-refractivity contribution in [3.05, 3.63) is 30.6 Å². The molecule has 0 fully saturated rings. The minimum atomic E-state index is -0.469. The van der Waals surface area contributed by atoms with Gasteiger partial charge < -0.3 is 21.5 Å². The molecule has 0 aliphatic rings. The summed E-state index contributed by atoms with van der Waals surface area (Å²) in [5.41, 5.74) is 12.5. The van der Waals surface area contributed by atoms with Crippen molar-refractivity contribution in [1.29, 1.82) is 0 Å². The molecule has 0 saturated heterocycles. The summed E-state index contributed by atoms with van der Waals surface area (Å²) >= 11 is 0. The molecule has 6 nitrogen and oxygen atoms in total. The van der Waals surface area contributed by atoms with Crippen molar-refractivity contribution >= 4 is 28.1 Å². The lowest BCUT2D eigenvalue weighted by Gasteiger charge is -2.11. The number of nitrogen functional groups attached to an aromatic ring is 1. The van der Waals surface area contributed by atoms with E-state index in [1.807, 2.05) is 18.2 Å². The van der Waals surface area contributed by atoms with E-state index >= 15 is 0 Å². The van der Waals surface area contributed by atoms with Crippen molar-refractivity contribution in [1.82, 2.24) is 4.98 Å². The zero-order chi connectivity index (χ0) is 13.7. The smallest absolute Gasteiger partial charge is 0.243 e. The number of anilines is 2. The summed E-state index contributed by atoms with van der Waals surface area (Å²) in [4.78, 5) is 14.6. The Balaban J connectivity index is 2.01. The van der Waals surface area contributed by atoms with Gasteiger partial charge >= 0.3 is 0 Å². The lowest BCUT2D eigenvalue weighted by molar-refractivity contribution is -0.122. The van der Waals surface area contributed by atoms with Crippen LogP contribution in [0.1, 0.15) is 0 Å². The quantitative estimate of drug-likeness (QED) is 0.525. The lowest BCUT2D eigenvalue weighted by atomic mass is 10.1. The fourth-order valence-corrected chi connectivity index (χ4v) is 1.80. The predicted molar refractivity (Wildman–Crippen MR) is 74.7 cm³/mol. The third-order valence-corrected chi connectivity index (χ3v) is 2.66. The van der Waals surface area contributed by atoms with Gasteiger partial charge in [0.2, 0.25) is 5.91 Å². The number of fused-ring (bicyclic) bond motifs is 1. The van der Waals surface area contributed by atoms with Crippen LogP contribution in [-0.2, 0) is 9.53 Å². The van der Waals surface area contributed by atoms with Crippen LogP contribution in [0.2, 0.25) is 0 Å². The van der Waals surface area contributed by atoms with E-state index in [-0.39, 0.29) is 6.61 Å². The molecule has 6 heteroatoms. The molecule has 1 aromatic carbocycles. The Bertz CT molecular complexity index is 586. The van der Waals surface area contributed by atoms with E-state index in [0.717, 1.165) is 16.5 Å². The van der Waals surface area contributed by atoms with Crippen molar-refractivity contribution in [2.75, 3.05) is 30.8 Å². The van der Waals surface area contributed by atoms with Gasteiger partial charge in [0.15, 0.2) is 0 Å². The fourth-order valence-electron chi connectivity index (χ4n) is 1.80. The first kappa shape index (κ1) is 13.1. The minimum absolute atomic E-state index is 0.0614. The van der Waals surface area contributed by atoms with Gasteiger partial charge in [-0.25, -0.2) is 0 Å². The second-order valence-corrected chi connectivity index (χ2v) is 4.07. The molecule has 2 aromatic rings. The number of hydrogen-bond acceptors (Lipinski definition) is 5. The number of benzene rings is 1. The molecule has 2 rings (SSSR count). The molecule has 5 N–H and O–H groups in total. The average molecular weight is 260 g/mol. The molecule has 100 valence electrons. The molecule has 0 atom stereocenters. The van der Waals surface area contributed by atoms with Crippen LogP contribution in [0.3, 0.4) is 0 Å². The van der Waals surface area contributed by atoms with E-state index in [1.165, 1.54) is 0 Å². The van der Waals surface area contributed by atoms with Gasteiger partial charge in [-0.15, -0.1) is 0 Å². The number of carbonyl (C=O) groups is 1. The van der Waals surface area contributed by atoms with E-state index in [2.05, 4.69) is 10.3 Å². The third-order valence-electron chi connectivity index (χ3n) is 2.66. The zero-order valence-electron chi connectivity index (χ0n) is 10.4. The van der Waals surface area contributed by atoms with Gasteiger partial charge in [0.1, 0.15) is 6.61 Å². The predicted octanol–water partition coefficient (Wildman–Crippen LogP) is 0.731. The summed E-state index contributed by atoms with van der Waals surface area (Å²) in [7, 11) is 0. The van der Waals surface area contributed by atoms with Crippen molar-refractivity contribution in [3.63, 3.8) is 0 Å². The van der Waals surface area contributed by atoms with E-state index < -0.39 is 5.91 Å². The monoisotopic (exact) mass is 260 g/mol. The Morgan fingerprint density at radius 3 is 2.95 bits per heavy atom. The maximum absolute atomic E-state index is 10.5. The van der Waals surface area contributed by atoms with Gasteiger partial charge in [-0.2, -0.15) is 0 Å². The Labute approximate surface area is 110 Å². The molecule has 0 bridgehead atoms. The highest BCUT2D eigenvalue weighted by Gasteiger charge is 2.03. The van der Waals surface area contributed by atoms with Crippen molar-refractivity contribution < 1.29 is 9.53 Å². The third kappa shape index (κ3) is 3.32. The SMILES string of the molecule is NC(=O)COCCNc1ccc(N)c2cnccc12. The minimum Gasteiger partial charge on any atom is -0.398 e. The normalized spacial score (nSPS) is 10.5. The highest BCUT2D eigenvalue weighted by atomic mass is 16.5. The molecular formula is C13H16N4O2. The number of aromatic nitrogens is 1. The van der Waals surface area contributed by atoms with Crippen LogP contribution >= 0.6 is 0 Å². The molecule has 0 unspecified atom stereocenters. The zero-order valence-corrected chi connectivity index (χ0v) is 10.4. The summed E-state index contributed by atoms with van der Waals surface area (Å²) in [5.74, 6) is -0.469. The molecule has 1 aromatic heterocycles. The van der Waals surface area contributed by atoms with Crippen LogP contribution in [-0.4, -0.2) is 30.6 Å². The molecule has 0 spiro atoms. The number of ether oxygens (including phenoxy) is 1. The van der Waals surface area contributed by atoms with E-state index in [4.69, 9.17) is 16.2 Å². The molecule has 1 amide bonds. The maximum atomic E-state index is 10.5.